The van der Waals surface area contributed by atoms with Crippen molar-refractivity contribution < 1.29 is 9.59 Å². The average Bonchev–Trinajstić information content (AvgIpc) is 2.82. The van der Waals surface area contributed by atoms with Crippen LogP contribution in [-0.2, 0) is 29.1 Å². The highest BCUT2D eigenvalue weighted by Gasteiger charge is 2.29. The van der Waals surface area contributed by atoms with Gasteiger partial charge < -0.3 is 10.2 Å². The lowest BCUT2D eigenvalue weighted by molar-refractivity contribution is -0.141. The molecule has 1 atom stereocenters. The maximum absolute atomic E-state index is 13.4. The molecule has 0 saturated heterocycles. The fourth-order valence-electron chi connectivity index (χ4n) is 3.63. The van der Waals surface area contributed by atoms with Crippen molar-refractivity contribution >= 4 is 23.4 Å². The van der Waals surface area contributed by atoms with E-state index in [2.05, 4.69) is 5.32 Å². The van der Waals surface area contributed by atoms with Gasteiger partial charge in [0, 0.05) is 31.0 Å². The molecule has 0 aliphatic heterocycles. The Balaban J connectivity index is 1.87. The number of hydrogen-bond donors (Lipinski definition) is 1. The molecule has 0 heterocycles. The van der Waals surface area contributed by atoms with E-state index < -0.39 is 6.04 Å². The van der Waals surface area contributed by atoms with Gasteiger partial charge in [-0.2, -0.15) is 0 Å². The molecule has 32 heavy (non-hydrogen) atoms. The Morgan fingerprint density at radius 2 is 1.47 bits per heavy atom. The van der Waals surface area contributed by atoms with Crippen LogP contribution in [-0.4, -0.2) is 22.8 Å². The number of amides is 2. The summed E-state index contributed by atoms with van der Waals surface area (Å²) in [5.41, 5.74) is 2.84. The summed E-state index contributed by atoms with van der Waals surface area (Å²) in [7, 11) is 0. The lowest BCUT2D eigenvalue weighted by atomic mass is 10.0. The Morgan fingerprint density at radius 3 is 2.09 bits per heavy atom. The van der Waals surface area contributed by atoms with Gasteiger partial charge in [-0.25, -0.2) is 0 Å². The fraction of sp³-hybridized carbons (Fsp3) is 0.259. The molecule has 0 saturated carbocycles. The molecule has 0 radical (unpaired) electrons. The first-order chi connectivity index (χ1) is 15.6. The van der Waals surface area contributed by atoms with Crippen molar-refractivity contribution in [2.75, 3.05) is 0 Å². The highest BCUT2D eigenvalue weighted by atomic mass is 35.5. The Hall–Kier alpha value is -3.11. The van der Waals surface area contributed by atoms with Crippen molar-refractivity contribution in [1.82, 2.24) is 10.2 Å². The molecule has 2 amide bonds. The second-order valence-corrected chi connectivity index (χ2v) is 8.18. The number of halogens is 1. The molecule has 0 spiro atoms. The lowest BCUT2D eigenvalue weighted by Gasteiger charge is -2.31. The van der Waals surface area contributed by atoms with Gasteiger partial charge in [0.1, 0.15) is 6.04 Å². The summed E-state index contributed by atoms with van der Waals surface area (Å²) in [5.74, 6) is -0.209. The molecule has 0 fully saturated rings. The van der Waals surface area contributed by atoms with E-state index in [9.17, 15) is 9.59 Å². The quantitative estimate of drug-likeness (QED) is 0.451. The summed E-state index contributed by atoms with van der Waals surface area (Å²) in [4.78, 5) is 28.3. The summed E-state index contributed by atoms with van der Waals surface area (Å²) < 4.78 is 0. The molecule has 5 heteroatoms. The first kappa shape index (κ1) is 23.6. The summed E-state index contributed by atoms with van der Waals surface area (Å²) >= 11 is 6.26. The topological polar surface area (TPSA) is 49.4 Å². The minimum absolute atomic E-state index is 0.0230. The predicted octanol–water partition coefficient (Wildman–Crippen LogP) is 5.40. The van der Waals surface area contributed by atoms with E-state index in [0.29, 0.717) is 31.0 Å². The standard InChI is InChI=1S/C27H29ClN2O2/c1-2-11-26(31)30(20-22-14-7-4-8-15-22)25(18-21-12-5-3-6-13-21)27(32)29-19-23-16-9-10-17-24(23)28/h3-10,12-17,25H,2,11,18-20H2,1H3,(H,29,32)/t25-/m0/s1. The van der Waals surface area contributed by atoms with Crippen LogP contribution in [0, 0.1) is 0 Å². The molecule has 1 N–H and O–H groups in total. The monoisotopic (exact) mass is 448 g/mol. The van der Waals surface area contributed by atoms with Crippen LogP contribution >= 0.6 is 11.6 Å². The van der Waals surface area contributed by atoms with Crippen molar-refractivity contribution in [3.05, 3.63) is 107 Å². The molecule has 166 valence electrons. The second kappa shape index (κ2) is 12.1. The highest BCUT2D eigenvalue weighted by molar-refractivity contribution is 6.31. The molecule has 3 aromatic carbocycles. The molecule has 4 nitrogen and oxygen atoms in total. The van der Waals surface area contributed by atoms with E-state index in [-0.39, 0.29) is 11.8 Å². The molecule has 3 rings (SSSR count). The normalized spacial score (nSPS) is 11.6. The van der Waals surface area contributed by atoms with Gasteiger partial charge in [0.2, 0.25) is 11.8 Å². The smallest absolute Gasteiger partial charge is 0.243 e. The third-order valence-corrected chi connectivity index (χ3v) is 5.71. The molecule has 0 aromatic heterocycles. The zero-order valence-electron chi connectivity index (χ0n) is 18.3. The zero-order valence-corrected chi connectivity index (χ0v) is 19.1. The number of carbonyl (C=O) groups is 2. The molecule has 0 aliphatic rings. The van der Waals surface area contributed by atoms with Crippen molar-refractivity contribution in [3.8, 4) is 0 Å². The van der Waals surface area contributed by atoms with Crippen LogP contribution in [0.5, 0.6) is 0 Å². The van der Waals surface area contributed by atoms with Gasteiger partial charge in [0.05, 0.1) is 0 Å². The maximum atomic E-state index is 13.4. The first-order valence-corrected chi connectivity index (χ1v) is 11.3. The van der Waals surface area contributed by atoms with Crippen molar-refractivity contribution in [2.24, 2.45) is 0 Å². The van der Waals surface area contributed by atoms with Crippen LogP contribution in [0.3, 0.4) is 0 Å². The highest BCUT2D eigenvalue weighted by Crippen LogP contribution is 2.18. The van der Waals surface area contributed by atoms with Gasteiger partial charge in [0.15, 0.2) is 0 Å². The lowest BCUT2D eigenvalue weighted by Crippen LogP contribution is -2.50. The largest absolute Gasteiger partial charge is 0.350 e. The van der Waals surface area contributed by atoms with E-state index in [1.165, 1.54) is 0 Å². The van der Waals surface area contributed by atoms with E-state index in [1.807, 2.05) is 85.8 Å². The first-order valence-electron chi connectivity index (χ1n) is 11.0. The number of carbonyl (C=O) groups excluding carboxylic acids is 2. The minimum atomic E-state index is -0.626. The van der Waals surface area contributed by atoms with Gasteiger partial charge in [-0.3, -0.25) is 9.59 Å². The fourth-order valence-corrected chi connectivity index (χ4v) is 3.84. The number of nitrogens with one attached hydrogen (secondary N) is 1. The molecular formula is C27H29ClN2O2. The number of nitrogens with zero attached hydrogens (tertiary/aromatic N) is 1. The number of hydrogen-bond acceptors (Lipinski definition) is 2. The van der Waals surface area contributed by atoms with E-state index in [1.54, 1.807) is 11.0 Å². The van der Waals surface area contributed by atoms with E-state index in [0.717, 1.165) is 23.1 Å². The van der Waals surface area contributed by atoms with Crippen molar-refractivity contribution in [3.63, 3.8) is 0 Å². The van der Waals surface area contributed by atoms with Crippen LogP contribution in [0.4, 0.5) is 0 Å². The second-order valence-electron chi connectivity index (χ2n) is 7.77. The van der Waals surface area contributed by atoms with Gasteiger partial charge in [-0.1, -0.05) is 97.4 Å². The molecular weight excluding hydrogens is 420 g/mol. The van der Waals surface area contributed by atoms with Gasteiger partial charge in [-0.05, 0) is 29.2 Å². The average molecular weight is 449 g/mol. The molecule has 0 unspecified atom stereocenters. The Kier molecular flexibility index (Phi) is 8.88. The third-order valence-electron chi connectivity index (χ3n) is 5.34. The Morgan fingerprint density at radius 1 is 0.875 bits per heavy atom. The van der Waals surface area contributed by atoms with Crippen LogP contribution < -0.4 is 5.32 Å². The summed E-state index contributed by atoms with van der Waals surface area (Å²) in [6, 6.07) is 26.4. The Bertz CT molecular complexity index is 1010. The van der Waals surface area contributed by atoms with Crippen LogP contribution in [0.2, 0.25) is 5.02 Å². The van der Waals surface area contributed by atoms with Crippen molar-refractivity contribution in [1.29, 1.82) is 0 Å². The molecule has 3 aromatic rings. The summed E-state index contributed by atoms with van der Waals surface area (Å²) in [5, 5.41) is 3.61. The zero-order chi connectivity index (χ0) is 22.8. The maximum Gasteiger partial charge on any atom is 0.243 e. The minimum Gasteiger partial charge on any atom is -0.350 e. The third kappa shape index (κ3) is 6.69. The molecule has 0 aliphatic carbocycles. The van der Waals surface area contributed by atoms with Gasteiger partial charge in [-0.15, -0.1) is 0 Å². The predicted molar refractivity (Wildman–Crippen MR) is 129 cm³/mol. The van der Waals surface area contributed by atoms with E-state index in [4.69, 9.17) is 11.6 Å². The molecule has 0 bridgehead atoms. The van der Waals surface area contributed by atoms with Crippen molar-refractivity contribution in [2.45, 2.75) is 45.3 Å². The van der Waals surface area contributed by atoms with Gasteiger partial charge >= 0.3 is 0 Å². The number of rotatable bonds is 10. The summed E-state index contributed by atoms with van der Waals surface area (Å²) in [6.45, 7) is 2.67. The Labute approximate surface area is 195 Å². The van der Waals surface area contributed by atoms with Gasteiger partial charge in [0.25, 0.3) is 0 Å². The van der Waals surface area contributed by atoms with Crippen LogP contribution in [0.1, 0.15) is 36.5 Å². The van der Waals surface area contributed by atoms with Crippen LogP contribution in [0.15, 0.2) is 84.9 Å². The number of benzene rings is 3. The van der Waals surface area contributed by atoms with E-state index >= 15 is 0 Å². The van der Waals surface area contributed by atoms with Crippen LogP contribution in [0.25, 0.3) is 0 Å². The summed E-state index contributed by atoms with van der Waals surface area (Å²) in [6.07, 6.45) is 1.57. The SMILES string of the molecule is CCCC(=O)N(Cc1ccccc1)[C@@H](Cc1ccccc1)C(=O)NCc1ccccc1Cl.